The second kappa shape index (κ2) is 6.25. The lowest BCUT2D eigenvalue weighted by Crippen LogP contribution is -2.33. The third-order valence-corrected chi connectivity index (χ3v) is 4.85. The topological polar surface area (TPSA) is 126 Å². The second-order valence-corrected chi connectivity index (χ2v) is 6.40. The van der Waals surface area contributed by atoms with Crippen LogP contribution in [0, 0.1) is 0 Å². The van der Waals surface area contributed by atoms with E-state index in [2.05, 4.69) is 20.3 Å². The maximum Gasteiger partial charge on any atom is 0.167 e. The Bertz CT molecular complexity index is 717. The first-order valence-electron chi connectivity index (χ1n) is 8.25. The lowest BCUT2D eigenvalue weighted by atomic mass is 10.1. The van der Waals surface area contributed by atoms with Gasteiger partial charge in [0.25, 0.3) is 0 Å². The third-order valence-electron chi connectivity index (χ3n) is 4.85. The van der Waals surface area contributed by atoms with Gasteiger partial charge in [-0.1, -0.05) is 12.8 Å². The molecule has 2 aromatic heterocycles. The minimum absolute atomic E-state index is 0.370. The summed E-state index contributed by atoms with van der Waals surface area (Å²) in [7, 11) is 0. The van der Waals surface area contributed by atoms with E-state index in [-0.39, 0.29) is 6.61 Å². The molecule has 1 unspecified atom stereocenters. The molecule has 9 nitrogen and oxygen atoms in total. The van der Waals surface area contributed by atoms with Gasteiger partial charge in [0.15, 0.2) is 23.2 Å². The number of rotatable bonds is 4. The molecule has 4 atom stereocenters. The van der Waals surface area contributed by atoms with Crippen molar-refractivity contribution in [1.82, 2.24) is 19.5 Å². The molecule has 4 rings (SSSR count). The number of aliphatic hydroxyl groups is 3. The molecule has 2 aliphatic rings. The predicted molar refractivity (Wildman–Crippen MR) is 84.2 cm³/mol. The molecule has 1 saturated heterocycles. The molecule has 0 radical (unpaired) electrons. The Kier molecular flexibility index (Phi) is 4.09. The molecule has 0 spiro atoms. The fourth-order valence-corrected chi connectivity index (χ4v) is 3.52. The zero-order chi connectivity index (χ0) is 16.7. The maximum atomic E-state index is 10.2. The fourth-order valence-electron chi connectivity index (χ4n) is 3.52. The summed E-state index contributed by atoms with van der Waals surface area (Å²) in [5.74, 6) is 0.664. The lowest BCUT2D eigenvalue weighted by molar-refractivity contribution is -0.0511. The Hall–Kier alpha value is -1.81. The van der Waals surface area contributed by atoms with E-state index in [4.69, 9.17) is 4.74 Å². The summed E-state index contributed by atoms with van der Waals surface area (Å²) in [6.07, 6.45) is 3.60. The number of aliphatic hydroxyl groups excluding tert-OH is 3. The van der Waals surface area contributed by atoms with Crippen LogP contribution in [0.3, 0.4) is 0 Å². The van der Waals surface area contributed by atoms with E-state index in [9.17, 15) is 15.3 Å². The highest BCUT2D eigenvalue weighted by atomic mass is 16.6. The van der Waals surface area contributed by atoms with Crippen molar-refractivity contribution in [3.05, 3.63) is 12.7 Å². The number of nitrogens with one attached hydrogen (secondary N) is 1. The average molecular weight is 335 g/mol. The zero-order valence-corrected chi connectivity index (χ0v) is 13.1. The van der Waals surface area contributed by atoms with E-state index in [1.807, 2.05) is 0 Å². The molecule has 2 aromatic rings. The van der Waals surface area contributed by atoms with Crippen LogP contribution in [-0.2, 0) is 4.74 Å². The lowest BCUT2D eigenvalue weighted by Gasteiger charge is -2.17. The van der Waals surface area contributed by atoms with Crippen LogP contribution in [0.2, 0.25) is 0 Å². The van der Waals surface area contributed by atoms with Gasteiger partial charge in [-0.25, -0.2) is 15.0 Å². The number of fused-ring (bicyclic) bond motifs is 1. The molecule has 0 amide bonds. The van der Waals surface area contributed by atoms with Gasteiger partial charge in [-0.15, -0.1) is 0 Å². The number of anilines is 1. The molecule has 24 heavy (non-hydrogen) atoms. The number of hydrogen-bond acceptors (Lipinski definition) is 8. The van der Waals surface area contributed by atoms with E-state index >= 15 is 0 Å². The highest BCUT2D eigenvalue weighted by Crippen LogP contribution is 2.32. The van der Waals surface area contributed by atoms with E-state index < -0.39 is 24.5 Å². The van der Waals surface area contributed by atoms with Gasteiger partial charge in [-0.05, 0) is 12.8 Å². The van der Waals surface area contributed by atoms with Crippen LogP contribution in [-0.4, -0.2) is 65.8 Å². The monoisotopic (exact) mass is 335 g/mol. The molecule has 0 aromatic carbocycles. The summed E-state index contributed by atoms with van der Waals surface area (Å²) >= 11 is 0. The van der Waals surface area contributed by atoms with Crippen LogP contribution < -0.4 is 5.32 Å². The third kappa shape index (κ3) is 2.53. The Morgan fingerprint density at radius 2 is 1.96 bits per heavy atom. The van der Waals surface area contributed by atoms with Crippen LogP contribution in [0.15, 0.2) is 12.7 Å². The van der Waals surface area contributed by atoms with Crippen molar-refractivity contribution in [3.63, 3.8) is 0 Å². The summed E-state index contributed by atoms with van der Waals surface area (Å²) in [6.45, 7) is -0.370. The molecular weight excluding hydrogens is 314 g/mol. The van der Waals surface area contributed by atoms with Crippen LogP contribution in [0.25, 0.3) is 11.2 Å². The van der Waals surface area contributed by atoms with Gasteiger partial charge in [0.05, 0.1) is 12.9 Å². The van der Waals surface area contributed by atoms with Crippen molar-refractivity contribution in [2.75, 3.05) is 11.9 Å². The molecule has 2 fully saturated rings. The minimum Gasteiger partial charge on any atom is -0.394 e. The quantitative estimate of drug-likeness (QED) is 0.605. The molecule has 4 N–H and O–H groups in total. The Balaban J connectivity index is 1.65. The van der Waals surface area contributed by atoms with Crippen molar-refractivity contribution < 1.29 is 20.1 Å². The van der Waals surface area contributed by atoms with E-state index in [0.29, 0.717) is 23.0 Å². The number of nitrogens with zero attached hydrogens (tertiary/aromatic N) is 4. The van der Waals surface area contributed by atoms with Crippen LogP contribution >= 0.6 is 0 Å². The van der Waals surface area contributed by atoms with Crippen LogP contribution in [0.5, 0.6) is 0 Å². The highest BCUT2D eigenvalue weighted by Gasteiger charge is 2.44. The van der Waals surface area contributed by atoms with E-state index in [0.717, 1.165) is 12.8 Å². The number of aromatic nitrogens is 4. The minimum atomic E-state index is -1.17. The largest absolute Gasteiger partial charge is 0.394 e. The van der Waals surface area contributed by atoms with Crippen molar-refractivity contribution >= 4 is 17.0 Å². The Morgan fingerprint density at radius 1 is 1.17 bits per heavy atom. The summed E-state index contributed by atoms with van der Waals surface area (Å²) in [5.41, 5.74) is 1.11. The van der Waals surface area contributed by atoms with Crippen molar-refractivity contribution in [2.45, 2.75) is 56.3 Å². The zero-order valence-electron chi connectivity index (χ0n) is 13.1. The first kappa shape index (κ1) is 15.7. The predicted octanol–water partition coefficient (Wildman–Crippen LogP) is -0.208. The van der Waals surface area contributed by atoms with Crippen LogP contribution in [0.1, 0.15) is 31.9 Å². The summed E-state index contributed by atoms with van der Waals surface area (Å²) < 4.78 is 7.12. The molecule has 3 heterocycles. The first-order valence-corrected chi connectivity index (χ1v) is 8.25. The number of hydrogen-bond donors (Lipinski definition) is 4. The van der Waals surface area contributed by atoms with Gasteiger partial charge < -0.3 is 25.4 Å². The van der Waals surface area contributed by atoms with Gasteiger partial charge >= 0.3 is 0 Å². The normalized spacial score (nSPS) is 31.1. The average Bonchev–Trinajstić information content (AvgIpc) is 3.30. The SMILES string of the molecule is OCC1O[C@@H](n2cnc3c(NC4CCCC4)ncnc32)[C@H](O)[C@@H]1O. The van der Waals surface area contributed by atoms with Crippen molar-refractivity contribution in [3.8, 4) is 0 Å². The molecular formula is C15H21N5O4. The second-order valence-electron chi connectivity index (χ2n) is 6.40. The standard InChI is InChI=1S/C15H21N5O4/c21-5-9-11(22)12(23)15(24-9)20-7-18-10-13(16-6-17-14(10)20)19-8-3-1-2-4-8/h6-9,11-12,15,21-23H,1-5H2,(H,16,17,19)/t9?,11-,12-,15-/m1/s1. The van der Waals surface area contributed by atoms with Gasteiger partial charge in [0, 0.05) is 6.04 Å². The number of ether oxygens (including phenoxy) is 1. The van der Waals surface area contributed by atoms with E-state index in [1.165, 1.54) is 25.5 Å². The molecule has 1 aliphatic heterocycles. The molecule has 1 aliphatic carbocycles. The fraction of sp³-hybridized carbons (Fsp3) is 0.667. The summed E-state index contributed by atoms with van der Waals surface area (Å²) in [6, 6.07) is 0.391. The Labute approximate surface area is 138 Å². The van der Waals surface area contributed by atoms with Crippen molar-refractivity contribution in [2.24, 2.45) is 0 Å². The van der Waals surface area contributed by atoms with Gasteiger partial charge in [0.2, 0.25) is 0 Å². The summed E-state index contributed by atoms with van der Waals surface area (Å²) in [4.78, 5) is 12.9. The number of imidazole rings is 1. The maximum absolute atomic E-state index is 10.2. The molecule has 9 heteroatoms. The van der Waals surface area contributed by atoms with Gasteiger partial charge in [0.1, 0.15) is 24.6 Å². The van der Waals surface area contributed by atoms with Crippen molar-refractivity contribution in [1.29, 1.82) is 0 Å². The molecule has 130 valence electrons. The van der Waals surface area contributed by atoms with Gasteiger partial charge in [-0.2, -0.15) is 0 Å². The smallest absolute Gasteiger partial charge is 0.167 e. The van der Waals surface area contributed by atoms with Crippen LogP contribution in [0.4, 0.5) is 5.82 Å². The first-order chi connectivity index (χ1) is 11.7. The van der Waals surface area contributed by atoms with E-state index in [1.54, 1.807) is 4.57 Å². The van der Waals surface area contributed by atoms with Gasteiger partial charge in [-0.3, -0.25) is 4.57 Å². The molecule has 0 bridgehead atoms. The summed E-state index contributed by atoms with van der Waals surface area (Å²) in [5, 5.41) is 32.8. The molecule has 1 saturated carbocycles. The Morgan fingerprint density at radius 3 is 2.67 bits per heavy atom. The highest BCUT2D eigenvalue weighted by molar-refractivity contribution is 5.82.